The molecular formula is C26H28. The summed E-state index contributed by atoms with van der Waals surface area (Å²) in [5.41, 5.74) is 1.35. The van der Waals surface area contributed by atoms with Crippen molar-refractivity contribution >= 4 is 38.4 Å². The van der Waals surface area contributed by atoms with Gasteiger partial charge in [0.2, 0.25) is 0 Å². The molecule has 0 heterocycles. The first-order valence-corrected chi connectivity index (χ1v) is 9.35. The first-order valence-electron chi connectivity index (χ1n) is 9.35. The average molecular weight is 341 g/mol. The quantitative estimate of drug-likeness (QED) is 0.183. The van der Waals surface area contributed by atoms with Gasteiger partial charge in [0.05, 0.1) is 0 Å². The fourth-order valence-corrected chi connectivity index (χ4v) is 3.47. The first-order chi connectivity index (χ1) is 12.7. The summed E-state index contributed by atoms with van der Waals surface area (Å²) in [5, 5.41) is 9.56. The second kappa shape index (κ2) is 9.07. The molecule has 0 N–H and O–H groups in total. The van der Waals surface area contributed by atoms with E-state index in [4.69, 9.17) is 0 Å². The lowest BCUT2D eigenvalue weighted by atomic mass is 9.91. The van der Waals surface area contributed by atoms with Gasteiger partial charge in [-0.25, -0.2) is 0 Å². The standard InChI is InChI=1S/C20H16.C4H6.C2H6/c1-3-15-16-11-5-8-14-9-6-12-18(20(14)16)17-10-4-7-13(2)19(15)17;1-3-4-2;1-2/h3-12H,1-2H3;1-2H3;1-2H3/b15-3-;;. The van der Waals surface area contributed by atoms with Gasteiger partial charge in [-0.2, -0.15) is 0 Å². The van der Waals surface area contributed by atoms with Crippen molar-refractivity contribution in [2.75, 3.05) is 0 Å². The van der Waals surface area contributed by atoms with Crippen LogP contribution in [0.2, 0.25) is 0 Å². The van der Waals surface area contributed by atoms with E-state index < -0.39 is 0 Å². The molecule has 132 valence electrons. The molecule has 0 aromatic heterocycles. The maximum absolute atomic E-state index is 2.68. The minimum absolute atomic E-state index is 1.33. The molecule has 0 heteroatoms. The summed E-state index contributed by atoms with van der Waals surface area (Å²) in [6.45, 7) is 12.0. The highest BCUT2D eigenvalue weighted by Crippen LogP contribution is 2.31. The predicted octanol–water partition coefficient (Wildman–Crippen LogP) is 7.03. The molecule has 0 atom stereocenters. The Bertz CT molecular complexity index is 1120. The highest BCUT2D eigenvalue weighted by molar-refractivity contribution is 6.22. The maximum Gasteiger partial charge on any atom is -0.00265 e. The Morgan fingerprint density at radius 3 is 1.73 bits per heavy atom. The van der Waals surface area contributed by atoms with E-state index >= 15 is 0 Å². The summed E-state index contributed by atoms with van der Waals surface area (Å²) in [6, 6.07) is 19.8. The molecule has 26 heavy (non-hydrogen) atoms. The summed E-state index contributed by atoms with van der Waals surface area (Å²) in [4.78, 5) is 0. The Hall–Kier alpha value is -2.78. The van der Waals surface area contributed by atoms with Crippen LogP contribution in [0.25, 0.3) is 38.4 Å². The summed E-state index contributed by atoms with van der Waals surface area (Å²) in [6.07, 6.45) is 2.25. The van der Waals surface area contributed by atoms with Crippen LogP contribution in [0.5, 0.6) is 0 Å². The lowest BCUT2D eigenvalue weighted by molar-refractivity contribution is 1.50. The topological polar surface area (TPSA) is 0 Å². The number of aryl methyl sites for hydroxylation is 1. The SMILES string of the molecule is C/C=c1/c2cccc3cccc(c4cccc(C)c14)c32.CC.CC#CC. The third-order valence-corrected chi connectivity index (χ3v) is 4.57. The Morgan fingerprint density at radius 2 is 1.19 bits per heavy atom. The van der Waals surface area contributed by atoms with Crippen LogP contribution < -0.4 is 5.22 Å². The van der Waals surface area contributed by atoms with Gasteiger partial charge in [0.25, 0.3) is 0 Å². The zero-order valence-corrected chi connectivity index (χ0v) is 16.8. The van der Waals surface area contributed by atoms with Gasteiger partial charge in [-0.3, -0.25) is 0 Å². The summed E-state index contributed by atoms with van der Waals surface area (Å²) >= 11 is 0. The Labute approximate surface area is 157 Å². The number of hydrogen-bond acceptors (Lipinski definition) is 0. The smallest absolute Gasteiger partial charge is 0.00265 e. The van der Waals surface area contributed by atoms with Crippen molar-refractivity contribution in [3.63, 3.8) is 0 Å². The van der Waals surface area contributed by atoms with Crippen molar-refractivity contribution in [2.45, 2.75) is 41.5 Å². The fraction of sp³-hybridized carbons (Fsp3) is 0.231. The molecule has 0 aliphatic carbocycles. The Balaban J connectivity index is 0.000000361. The minimum atomic E-state index is 1.33. The zero-order valence-electron chi connectivity index (χ0n) is 16.8. The molecule has 0 saturated carbocycles. The largest absolute Gasteiger partial charge is 0.107 e. The third-order valence-electron chi connectivity index (χ3n) is 4.57. The number of hydrogen-bond donors (Lipinski definition) is 0. The molecule has 0 saturated heterocycles. The van der Waals surface area contributed by atoms with Gasteiger partial charge in [0, 0.05) is 0 Å². The second-order valence-electron chi connectivity index (χ2n) is 5.91. The summed E-state index contributed by atoms with van der Waals surface area (Å²) in [7, 11) is 0. The molecule has 0 nitrogen and oxygen atoms in total. The maximum atomic E-state index is 2.68. The van der Waals surface area contributed by atoms with Crippen molar-refractivity contribution in [3.8, 4) is 11.8 Å². The lowest BCUT2D eigenvalue weighted by Gasteiger charge is -2.12. The molecule has 0 fully saturated rings. The van der Waals surface area contributed by atoms with Gasteiger partial charge < -0.3 is 0 Å². The number of benzene rings is 4. The van der Waals surface area contributed by atoms with Gasteiger partial charge in [-0.1, -0.05) is 74.5 Å². The molecule has 0 amide bonds. The fourth-order valence-electron chi connectivity index (χ4n) is 3.47. The van der Waals surface area contributed by atoms with Crippen LogP contribution >= 0.6 is 0 Å². The minimum Gasteiger partial charge on any atom is -0.107 e. The lowest BCUT2D eigenvalue weighted by Crippen LogP contribution is -2.06. The van der Waals surface area contributed by atoms with Crippen molar-refractivity contribution in [1.82, 2.24) is 0 Å². The highest BCUT2D eigenvalue weighted by Gasteiger charge is 2.09. The van der Waals surface area contributed by atoms with E-state index in [9.17, 15) is 0 Å². The van der Waals surface area contributed by atoms with Crippen LogP contribution in [-0.2, 0) is 0 Å². The molecule has 0 bridgehead atoms. The average Bonchev–Trinajstić information content (AvgIpc) is 2.71. The molecular weight excluding hydrogens is 312 g/mol. The second-order valence-corrected chi connectivity index (χ2v) is 5.91. The molecule has 4 rings (SSSR count). The molecule has 4 aromatic carbocycles. The van der Waals surface area contributed by atoms with E-state index in [1.807, 2.05) is 27.7 Å². The van der Waals surface area contributed by atoms with Crippen LogP contribution in [0.1, 0.15) is 40.2 Å². The van der Waals surface area contributed by atoms with Gasteiger partial charge in [0.15, 0.2) is 0 Å². The molecule has 0 aliphatic heterocycles. The molecule has 0 unspecified atom stereocenters. The van der Waals surface area contributed by atoms with Gasteiger partial charge in [-0.15, -0.1) is 11.8 Å². The monoisotopic (exact) mass is 340 g/mol. The summed E-state index contributed by atoms with van der Waals surface area (Å²) < 4.78 is 0. The van der Waals surface area contributed by atoms with E-state index in [1.54, 1.807) is 0 Å². The van der Waals surface area contributed by atoms with E-state index in [0.717, 1.165) is 0 Å². The van der Waals surface area contributed by atoms with Gasteiger partial charge in [0.1, 0.15) is 0 Å². The van der Waals surface area contributed by atoms with Crippen molar-refractivity contribution in [2.24, 2.45) is 0 Å². The molecule has 0 radical (unpaired) electrons. The van der Waals surface area contributed by atoms with Crippen LogP contribution in [0.15, 0.2) is 54.6 Å². The van der Waals surface area contributed by atoms with E-state index in [-0.39, 0.29) is 0 Å². The molecule has 0 aliphatic rings. The van der Waals surface area contributed by atoms with Gasteiger partial charge >= 0.3 is 0 Å². The normalized spacial score (nSPS) is 10.6. The van der Waals surface area contributed by atoms with Crippen LogP contribution in [0, 0.1) is 18.8 Å². The van der Waals surface area contributed by atoms with Crippen molar-refractivity contribution in [3.05, 3.63) is 65.4 Å². The van der Waals surface area contributed by atoms with Gasteiger partial charge in [-0.05, 0) is 70.8 Å². The van der Waals surface area contributed by atoms with E-state index in [1.165, 1.54) is 43.1 Å². The van der Waals surface area contributed by atoms with E-state index in [0.29, 0.717) is 0 Å². The number of fused-ring (bicyclic) bond motifs is 2. The number of rotatable bonds is 0. The molecule has 0 spiro atoms. The van der Waals surface area contributed by atoms with E-state index in [2.05, 4.69) is 86.4 Å². The molecule has 4 aromatic rings. The van der Waals surface area contributed by atoms with Crippen LogP contribution in [-0.4, -0.2) is 0 Å². The Morgan fingerprint density at radius 1 is 0.692 bits per heavy atom. The highest BCUT2D eigenvalue weighted by atomic mass is 14.1. The predicted molar refractivity (Wildman–Crippen MR) is 120 cm³/mol. The first kappa shape index (κ1) is 19.5. The third kappa shape index (κ3) is 3.44. The van der Waals surface area contributed by atoms with Crippen molar-refractivity contribution < 1.29 is 0 Å². The van der Waals surface area contributed by atoms with Crippen molar-refractivity contribution in [1.29, 1.82) is 0 Å². The van der Waals surface area contributed by atoms with Crippen LogP contribution in [0.3, 0.4) is 0 Å². The Kier molecular flexibility index (Phi) is 6.81. The zero-order chi connectivity index (χ0) is 19.1. The van der Waals surface area contributed by atoms with Crippen LogP contribution in [0.4, 0.5) is 0 Å². The summed E-state index contributed by atoms with van der Waals surface area (Å²) in [5.74, 6) is 5.36.